The van der Waals surface area contributed by atoms with Gasteiger partial charge < -0.3 is 10.2 Å². The van der Waals surface area contributed by atoms with Crippen LogP contribution in [0.1, 0.15) is 26.2 Å². The molecule has 0 aromatic heterocycles. The van der Waals surface area contributed by atoms with E-state index in [0.29, 0.717) is 18.7 Å². The first-order valence-corrected chi connectivity index (χ1v) is 7.13. The maximum Gasteiger partial charge on any atom is 0.329 e. The Kier molecular flexibility index (Phi) is 3.37. The lowest BCUT2D eigenvalue weighted by atomic mass is 10.1. The highest BCUT2D eigenvalue weighted by molar-refractivity contribution is 6.21. The normalized spacial score (nSPS) is 22.7. The van der Waals surface area contributed by atoms with E-state index in [0.717, 1.165) is 23.4 Å². The smallest absolute Gasteiger partial charge is 0.326 e. The van der Waals surface area contributed by atoms with Gasteiger partial charge in [-0.1, -0.05) is 6.07 Å². The van der Waals surface area contributed by atoms with Crippen LogP contribution in [0, 0.1) is 0 Å². The average molecular weight is 287 g/mol. The maximum atomic E-state index is 12.0. The van der Waals surface area contributed by atoms with E-state index in [1.807, 2.05) is 6.07 Å². The summed E-state index contributed by atoms with van der Waals surface area (Å²) in [5.41, 5.74) is 1.23. The highest BCUT2D eigenvalue weighted by Crippen LogP contribution is 2.27. The van der Waals surface area contributed by atoms with Crippen molar-refractivity contribution < 1.29 is 14.4 Å². The van der Waals surface area contributed by atoms with Gasteiger partial charge in [0.15, 0.2) is 0 Å². The van der Waals surface area contributed by atoms with Crippen LogP contribution >= 0.6 is 0 Å². The molecule has 0 spiro atoms. The lowest BCUT2D eigenvalue weighted by Crippen LogP contribution is -2.35. The zero-order chi connectivity index (χ0) is 15.0. The Labute approximate surface area is 122 Å². The molecule has 1 aromatic rings. The van der Waals surface area contributed by atoms with Crippen molar-refractivity contribution in [3.63, 3.8) is 0 Å². The van der Waals surface area contributed by atoms with Gasteiger partial charge in [0.1, 0.15) is 6.04 Å². The fourth-order valence-corrected chi connectivity index (χ4v) is 2.73. The van der Waals surface area contributed by atoms with Crippen LogP contribution in [0.4, 0.5) is 16.2 Å². The maximum absolute atomic E-state index is 12.0. The standard InChI is InChI=1S/C15H17N3O3/c1-10-14(20)18(15(21)16-10)12-6-4-5-11(9-12)17-8-3-2-7-13(17)19/h4-6,9-10H,2-3,7-8H2,1H3,(H,16,21). The van der Waals surface area contributed by atoms with E-state index in [-0.39, 0.29) is 11.8 Å². The predicted octanol–water partition coefficient (Wildman–Crippen LogP) is 1.65. The van der Waals surface area contributed by atoms with Crippen molar-refractivity contribution in [1.29, 1.82) is 0 Å². The van der Waals surface area contributed by atoms with Crippen molar-refractivity contribution in [2.75, 3.05) is 16.3 Å². The molecule has 0 bridgehead atoms. The number of hydrogen-bond acceptors (Lipinski definition) is 3. The van der Waals surface area contributed by atoms with Crippen LogP contribution in [0.3, 0.4) is 0 Å². The van der Waals surface area contributed by atoms with E-state index in [4.69, 9.17) is 0 Å². The van der Waals surface area contributed by atoms with Crippen LogP contribution in [0.2, 0.25) is 0 Å². The third-order valence-electron chi connectivity index (χ3n) is 3.86. The first-order valence-electron chi connectivity index (χ1n) is 7.13. The summed E-state index contributed by atoms with van der Waals surface area (Å²) in [5, 5.41) is 2.58. The Morgan fingerprint density at radius 1 is 1.14 bits per heavy atom. The Balaban J connectivity index is 1.91. The Morgan fingerprint density at radius 3 is 2.57 bits per heavy atom. The largest absolute Gasteiger partial charge is 0.329 e. The van der Waals surface area contributed by atoms with Crippen LogP contribution in [-0.4, -0.2) is 30.4 Å². The van der Waals surface area contributed by atoms with Crippen LogP contribution in [0.15, 0.2) is 24.3 Å². The van der Waals surface area contributed by atoms with Crippen molar-refractivity contribution in [2.45, 2.75) is 32.2 Å². The van der Waals surface area contributed by atoms with Gasteiger partial charge in [0.05, 0.1) is 5.69 Å². The quantitative estimate of drug-likeness (QED) is 0.841. The molecule has 2 saturated heterocycles. The van der Waals surface area contributed by atoms with E-state index in [2.05, 4.69) is 5.32 Å². The fraction of sp³-hybridized carbons (Fsp3) is 0.400. The number of rotatable bonds is 2. The fourth-order valence-electron chi connectivity index (χ4n) is 2.73. The molecule has 4 amide bonds. The summed E-state index contributed by atoms with van der Waals surface area (Å²) in [4.78, 5) is 38.7. The van der Waals surface area contributed by atoms with Gasteiger partial charge in [-0.25, -0.2) is 9.69 Å². The molecule has 1 atom stereocenters. The number of urea groups is 1. The number of piperidine rings is 1. The van der Waals surface area contributed by atoms with Crippen LogP contribution < -0.4 is 15.1 Å². The Bertz CT molecular complexity index is 614. The van der Waals surface area contributed by atoms with Crippen molar-refractivity contribution in [2.24, 2.45) is 0 Å². The number of imide groups is 1. The highest BCUT2D eigenvalue weighted by atomic mass is 16.2. The molecule has 2 heterocycles. The lowest BCUT2D eigenvalue weighted by Gasteiger charge is -2.27. The van der Waals surface area contributed by atoms with E-state index in [9.17, 15) is 14.4 Å². The molecular weight excluding hydrogens is 270 g/mol. The van der Waals surface area contributed by atoms with Gasteiger partial charge in [-0.2, -0.15) is 0 Å². The van der Waals surface area contributed by atoms with Gasteiger partial charge in [-0.15, -0.1) is 0 Å². The molecule has 0 radical (unpaired) electrons. The molecule has 0 saturated carbocycles. The molecule has 21 heavy (non-hydrogen) atoms. The third kappa shape index (κ3) is 2.37. The van der Waals surface area contributed by atoms with E-state index in [1.54, 1.807) is 30.0 Å². The molecule has 6 heteroatoms. The van der Waals surface area contributed by atoms with E-state index >= 15 is 0 Å². The van der Waals surface area contributed by atoms with Crippen molar-refractivity contribution in [3.05, 3.63) is 24.3 Å². The number of hydrogen-bond donors (Lipinski definition) is 1. The van der Waals surface area contributed by atoms with Crippen molar-refractivity contribution >= 4 is 29.2 Å². The average Bonchev–Trinajstić information content (AvgIpc) is 2.73. The predicted molar refractivity (Wildman–Crippen MR) is 78.1 cm³/mol. The van der Waals surface area contributed by atoms with Gasteiger partial charge in [0.25, 0.3) is 5.91 Å². The van der Waals surface area contributed by atoms with Gasteiger partial charge in [0.2, 0.25) is 5.91 Å². The summed E-state index contributed by atoms with van der Waals surface area (Å²) in [6.07, 6.45) is 2.43. The van der Waals surface area contributed by atoms with Gasteiger partial charge in [-0.3, -0.25) is 9.59 Å². The van der Waals surface area contributed by atoms with Gasteiger partial charge >= 0.3 is 6.03 Å². The molecule has 2 aliphatic rings. The number of anilines is 2. The molecule has 3 rings (SSSR count). The minimum Gasteiger partial charge on any atom is -0.326 e. The van der Waals surface area contributed by atoms with Crippen LogP contribution in [-0.2, 0) is 9.59 Å². The molecule has 6 nitrogen and oxygen atoms in total. The third-order valence-corrected chi connectivity index (χ3v) is 3.86. The summed E-state index contributed by atoms with van der Waals surface area (Å²) in [6, 6.07) is 6.07. The molecule has 1 aromatic carbocycles. The topological polar surface area (TPSA) is 69.7 Å². The lowest BCUT2D eigenvalue weighted by molar-refractivity contribution is -0.119. The molecular formula is C15H17N3O3. The highest BCUT2D eigenvalue weighted by Gasteiger charge is 2.36. The molecule has 1 unspecified atom stereocenters. The van der Waals surface area contributed by atoms with Crippen molar-refractivity contribution in [1.82, 2.24) is 5.32 Å². The Hall–Kier alpha value is -2.37. The zero-order valence-electron chi connectivity index (χ0n) is 11.8. The monoisotopic (exact) mass is 287 g/mol. The molecule has 1 N–H and O–H groups in total. The van der Waals surface area contributed by atoms with E-state index < -0.39 is 12.1 Å². The van der Waals surface area contributed by atoms with E-state index in [1.165, 1.54) is 0 Å². The minimum absolute atomic E-state index is 0.0870. The van der Waals surface area contributed by atoms with Gasteiger partial charge in [0, 0.05) is 18.7 Å². The number of nitrogens with one attached hydrogen (secondary N) is 1. The summed E-state index contributed by atoms with van der Waals surface area (Å²) in [6.45, 7) is 2.33. The SMILES string of the molecule is CC1NC(=O)N(c2cccc(N3CCCCC3=O)c2)C1=O. The number of nitrogens with zero attached hydrogens (tertiary/aromatic N) is 2. The Morgan fingerprint density at radius 2 is 1.90 bits per heavy atom. The first-order chi connectivity index (χ1) is 10.1. The number of benzene rings is 1. The summed E-state index contributed by atoms with van der Waals surface area (Å²) < 4.78 is 0. The second-order valence-electron chi connectivity index (χ2n) is 5.37. The molecule has 110 valence electrons. The summed E-state index contributed by atoms with van der Waals surface area (Å²) >= 11 is 0. The number of carbonyl (C=O) groups is 3. The number of amides is 4. The second-order valence-corrected chi connectivity index (χ2v) is 5.37. The van der Waals surface area contributed by atoms with Crippen LogP contribution in [0.25, 0.3) is 0 Å². The zero-order valence-corrected chi connectivity index (χ0v) is 11.8. The summed E-state index contributed by atoms with van der Waals surface area (Å²) in [7, 11) is 0. The molecule has 2 aliphatic heterocycles. The van der Waals surface area contributed by atoms with Crippen LogP contribution in [0.5, 0.6) is 0 Å². The first kappa shape index (κ1) is 13.6. The molecule has 2 fully saturated rings. The number of carbonyl (C=O) groups excluding carboxylic acids is 3. The van der Waals surface area contributed by atoms with Crippen molar-refractivity contribution in [3.8, 4) is 0 Å². The second kappa shape index (κ2) is 5.20. The molecule has 0 aliphatic carbocycles. The minimum atomic E-state index is -0.516. The van der Waals surface area contributed by atoms with Gasteiger partial charge in [-0.05, 0) is 38.0 Å². The summed E-state index contributed by atoms with van der Waals surface area (Å²) in [5.74, 6) is -0.189.